The van der Waals surface area contributed by atoms with E-state index in [0.717, 1.165) is 4.47 Å². The second-order valence-electron chi connectivity index (χ2n) is 5.25. The maximum absolute atomic E-state index is 12.4. The zero-order chi connectivity index (χ0) is 14.7. The van der Waals surface area contributed by atoms with E-state index in [-0.39, 0.29) is 17.7 Å². The lowest BCUT2D eigenvalue weighted by Crippen LogP contribution is -2.51. The Morgan fingerprint density at radius 3 is 2.15 bits per heavy atom. The summed E-state index contributed by atoms with van der Waals surface area (Å²) in [4.78, 5) is 28.0. The van der Waals surface area contributed by atoms with Gasteiger partial charge >= 0.3 is 0 Å². The zero-order valence-electron chi connectivity index (χ0n) is 11.8. The minimum atomic E-state index is 0.0144. The maximum Gasteiger partial charge on any atom is 0.255 e. The van der Waals surface area contributed by atoms with Crippen LogP contribution in [0.5, 0.6) is 0 Å². The van der Waals surface area contributed by atoms with E-state index in [2.05, 4.69) is 15.9 Å². The number of piperazine rings is 1. The smallest absolute Gasteiger partial charge is 0.255 e. The summed E-state index contributed by atoms with van der Waals surface area (Å²) in [5, 5.41) is 0. The predicted molar refractivity (Wildman–Crippen MR) is 81.5 cm³/mol. The Hall–Kier alpha value is -1.36. The summed E-state index contributed by atoms with van der Waals surface area (Å²) in [7, 11) is 0. The minimum Gasteiger partial charge on any atom is -0.339 e. The van der Waals surface area contributed by atoms with Crippen LogP contribution >= 0.6 is 15.9 Å². The number of hydrogen-bond donors (Lipinski definition) is 0. The van der Waals surface area contributed by atoms with Crippen molar-refractivity contribution in [3.05, 3.63) is 34.3 Å². The highest BCUT2D eigenvalue weighted by molar-refractivity contribution is 9.10. The lowest BCUT2D eigenvalue weighted by Gasteiger charge is -2.35. The first kappa shape index (κ1) is 15.0. The van der Waals surface area contributed by atoms with Gasteiger partial charge in [0.1, 0.15) is 0 Å². The maximum atomic E-state index is 12.4. The molecular formula is C15H19BrN2O2. The summed E-state index contributed by atoms with van der Waals surface area (Å²) < 4.78 is 0.811. The molecule has 4 nitrogen and oxygen atoms in total. The van der Waals surface area contributed by atoms with E-state index in [9.17, 15) is 9.59 Å². The molecule has 0 spiro atoms. The predicted octanol–water partition coefficient (Wildman–Crippen LogP) is 2.39. The molecule has 0 bridgehead atoms. The number of carbonyl (C=O) groups excluding carboxylic acids is 2. The summed E-state index contributed by atoms with van der Waals surface area (Å²) in [5.74, 6) is 0.202. The third-order valence-electron chi connectivity index (χ3n) is 3.48. The van der Waals surface area contributed by atoms with Crippen LogP contribution in [0.15, 0.2) is 28.7 Å². The van der Waals surface area contributed by atoms with Crippen LogP contribution in [0.2, 0.25) is 0 Å². The molecule has 0 atom stereocenters. The van der Waals surface area contributed by atoms with E-state index in [0.29, 0.717) is 31.7 Å². The molecule has 1 aromatic carbocycles. The molecule has 1 aromatic rings. The molecule has 108 valence electrons. The molecule has 1 saturated heterocycles. The molecule has 2 rings (SSSR count). The number of hydrogen-bond acceptors (Lipinski definition) is 2. The minimum absolute atomic E-state index is 0.0144. The van der Waals surface area contributed by atoms with Crippen LogP contribution in [0.25, 0.3) is 0 Å². The van der Waals surface area contributed by atoms with Crippen molar-refractivity contribution < 1.29 is 9.59 Å². The van der Waals surface area contributed by atoms with E-state index in [1.54, 1.807) is 0 Å². The van der Waals surface area contributed by atoms with Crippen molar-refractivity contribution in [2.45, 2.75) is 13.8 Å². The second-order valence-corrected chi connectivity index (χ2v) is 6.11. The van der Waals surface area contributed by atoms with Gasteiger partial charge in [-0.3, -0.25) is 9.59 Å². The van der Waals surface area contributed by atoms with E-state index >= 15 is 0 Å². The molecule has 1 aliphatic heterocycles. The lowest BCUT2D eigenvalue weighted by atomic mass is 10.1. The average Bonchev–Trinajstić information content (AvgIpc) is 2.46. The molecule has 5 heteroatoms. The van der Waals surface area contributed by atoms with Crippen LogP contribution in [-0.4, -0.2) is 47.8 Å². The van der Waals surface area contributed by atoms with Crippen LogP contribution in [-0.2, 0) is 4.79 Å². The quantitative estimate of drug-likeness (QED) is 0.830. The first-order valence-corrected chi connectivity index (χ1v) is 7.62. The number of amides is 2. The van der Waals surface area contributed by atoms with Gasteiger partial charge in [0, 0.05) is 36.6 Å². The van der Waals surface area contributed by atoms with Crippen molar-refractivity contribution in [3.8, 4) is 0 Å². The summed E-state index contributed by atoms with van der Waals surface area (Å²) in [6, 6.07) is 7.43. The largest absolute Gasteiger partial charge is 0.339 e. The standard InChI is InChI=1S/C15H19BrN2O2/c1-11(2)14(19)17-7-9-18(10-8-17)15(20)12-5-3-4-6-13(12)16/h3-6,11H,7-10H2,1-2H3. The third kappa shape index (κ3) is 3.20. The highest BCUT2D eigenvalue weighted by Crippen LogP contribution is 2.19. The Bertz CT molecular complexity index is 508. The van der Waals surface area contributed by atoms with Gasteiger partial charge in [-0.1, -0.05) is 26.0 Å². The Balaban J connectivity index is 1.99. The third-order valence-corrected chi connectivity index (χ3v) is 4.17. The van der Waals surface area contributed by atoms with Gasteiger partial charge < -0.3 is 9.80 Å². The summed E-state index contributed by atoms with van der Waals surface area (Å²) >= 11 is 3.41. The van der Waals surface area contributed by atoms with Crippen molar-refractivity contribution in [2.24, 2.45) is 5.92 Å². The Morgan fingerprint density at radius 2 is 1.60 bits per heavy atom. The molecular weight excluding hydrogens is 320 g/mol. The van der Waals surface area contributed by atoms with E-state index in [1.807, 2.05) is 47.9 Å². The van der Waals surface area contributed by atoms with Gasteiger partial charge in [0.15, 0.2) is 0 Å². The number of carbonyl (C=O) groups is 2. The molecule has 0 aliphatic carbocycles. The Kier molecular flexibility index (Phi) is 4.81. The lowest BCUT2D eigenvalue weighted by molar-refractivity contribution is -0.135. The van der Waals surface area contributed by atoms with Crippen LogP contribution in [0, 0.1) is 5.92 Å². The van der Waals surface area contributed by atoms with Crippen LogP contribution in [0.4, 0.5) is 0 Å². The molecule has 1 heterocycles. The van der Waals surface area contributed by atoms with Crippen LogP contribution in [0.1, 0.15) is 24.2 Å². The monoisotopic (exact) mass is 338 g/mol. The second kappa shape index (κ2) is 6.39. The molecule has 0 radical (unpaired) electrons. The van der Waals surface area contributed by atoms with Gasteiger partial charge in [-0.25, -0.2) is 0 Å². The van der Waals surface area contributed by atoms with Crippen LogP contribution in [0.3, 0.4) is 0 Å². The molecule has 1 aliphatic rings. The SMILES string of the molecule is CC(C)C(=O)N1CCN(C(=O)c2ccccc2Br)CC1. The van der Waals surface area contributed by atoms with Crippen molar-refractivity contribution in [3.63, 3.8) is 0 Å². The number of benzene rings is 1. The summed E-state index contributed by atoms with van der Waals surface area (Å²) in [6.07, 6.45) is 0. The van der Waals surface area contributed by atoms with Crippen molar-refractivity contribution in [1.82, 2.24) is 9.80 Å². The van der Waals surface area contributed by atoms with Gasteiger partial charge in [-0.15, -0.1) is 0 Å². The Morgan fingerprint density at radius 1 is 1.05 bits per heavy atom. The topological polar surface area (TPSA) is 40.6 Å². The Labute approximate surface area is 127 Å². The van der Waals surface area contributed by atoms with Gasteiger partial charge in [0.2, 0.25) is 5.91 Å². The molecule has 0 aromatic heterocycles. The summed E-state index contributed by atoms with van der Waals surface area (Å²) in [5.41, 5.74) is 0.677. The van der Waals surface area contributed by atoms with Gasteiger partial charge in [-0.2, -0.15) is 0 Å². The number of rotatable bonds is 2. The van der Waals surface area contributed by atoms with Gasteiger partial charge in [-0.05, 0) is 28.1 Å². The molecule has 0 N–H and O–H groups in total. The number of halogens is 1. The fourth-order valence-electron chi connectivity index (χ4n) is 2.30. The zero-order valence-corrected chi connectivity index (χ0v) is 13.4. The summed E-state index contributed by atoms with van der Waals surface area (Å²) in [6.45, 7) is 6.24. The average molecular weight is 339 g/mol. The van der Waals surface area contributed by atoms with Crippen LogP contribution < -0.4 is 0 Å². The molecule has 0 unspecified atom stereocenters. The van der Waals surface area contributed by atoms with E-state index < -0.39 is 0 Å². The first-order chi connectivity index (χ1) is 9.50. The highest BCUT2D eigenvalue weighted by Gasteiger charge is 2.26. The molecule has 2 amide bonds. The highest BCUT2D eigenvalue weighted by atomic mass is 79.9. The van der Waals surface area contributed by atoms with Crippen molar-refractivity contribution >= 4 is 27.7 Å². The molecule has 1 fully saturated rings. The fraction of sp³-hybridized carbons (Fsp3) is 0.467. The molecule has 20 heavy (non-hydrogen) atoms. The van der Waals surface area contributed by atoms with Crippen molar-refractivity contribution in [1.29, 1.82) is 0 Å². The number of nitrogens with zero attached hydrogens (tertiary/aromatic N) is 2. The first-order valence-electron chi connectivity index (χ1n) is 6.83. The fourth-order valence-corrected chi connectivity index (χ4v) is 2.75. The normalized spacial score (nSPS) is 15.6. The van der Waals surface area contributed by atoms with Gasteiger partial charge in [0.05, 0.1) is 5.56 Å². The van der Waals surface area contributed by atoms with Gasteiger partial charge in [0.25, 0.3) is 5.91 Å². The van der Waals surface area contributed by atoms with Crippen molar-refractivity contribution in [2.75, 3.05) is 26.2 Å². The van der Waals surface area contributed by atoms with E-state index in [4.69, 9.17) is 0 Å². The molecule has 0 saturated carbocycles. The van der Waals surface area contributed by atoms with E-state index in [1.165, 1.54) is 0 Å².